The molecule has 0 spiro atoms. The van der Waals surface area contributed by atoms with Gasteiger partial charge in [-0.2, -0.15) is 0 Å². The first-order valence-electron chi connectivity index (χ1n) is 6.59. The van der Waals surface area contributed by atoms with Crippen molar-refractivity contribution in [2.75, 3.05) is 6.54 Å². The first-order chi connectivity index (χ1) is 8.10. The quantitative estimate of drug-likeness (QED) is 0.720. The van der Waals surface area contributed by atoms with Gasteiger partial charge < -0.3 is 5.32 Å². The zero-order valence-electron chi connectivity index (χ0n) is 11.3. The lowest BCUT2D eigenvalue weighted by molar-refractivity contribution is 0.368. The molecule has 1 N–H and O–H groups in total. The monoisotopic (exact) mass is 317 g/mol. The Morgan fingerprint density at radius 1 is 1.35 bits per heavy atom. The number of nitrogens with one attached hydrogen (secondary N) is 1. The van der Waals surface area contributed by atoms with Crippen LogP contribution in [0.4, 0.5) is 0 Å². The normalized spacial score (nSPS) is 14.9. The molecule has 0 aliphatic heterocycles. The van der Waals surface area contributed by atoms with Gasteiger partial charge in [-0.05, 0) is 59.8 Å². The van der Waals surface area contributed by atoms with Gasteiger partial charge >= 0.3 is 0 Å². The molecule has 0 fully saturated rings. The molecule has 0 saturated carbocycles. The van der Waals surface area contributed by atoms with E-state index in [-0.39, 0.29) is 0 Å². The minimum absolute atomic E-state index is 0.518. The molecule has 0 bridgehead atoms. The molecule has 0 aromatic carbocycles. The van der Waals surface area contributed by atoms with Gasteiger partial charge in [-0.25, -0.2) is 0 Å². The molecule has 0 saturated heterocycles. The third-order valence-corrected chi connectivity index (χ3v) is 5.33. The second-order valence-electron chi connectivity index (χ2n) is 4.80. The Kier molecular flexibility index (Phi) is 6.75. The summed E-state index contributed by atoms with van der Waals surface area (Å²) in [5, 5.41) is 3.70. The van der Waals surface area contributed by atoms with E-state index >= 15 is 0 Å². The number of hydrogen-bond acceptors (Lipinski definition) is 2. The van der Waals surface area contributed by atoms with Crippen LogP contribution in [0, 0.1) is 12.8 Å². The Morgan fingerprint density at radius 2 is 2.06 bits per heavy atom. The SMILES string of the molecule is CCCNC(c1cc(C)c(Br)s1)C(C)CCC. The summed E-state index contributed by atoms with van der Waals surface area (Å²) in [5.41, 5.74) is 1.36. The molecule has 0 amide bonds. The van der Waals surface area contributed by atoms with Crippen molar-refractivity contribution < 1.29 is 0 Å². The average Bonchev–Trinajstić information content (AvgIpc) is 2.60. The Labute approximate surface area is 118 Å². The Hall–Kier alpha value is 0.140. The van der Waals surface area contributed by atoms with E-state index in [0.29, 0.717) is 12.0 Å². The summed E-state index contributed by atoms with van der Waals surface area (Å²) in [6.45, 7) is 10.1. The van der Waals surface area contributed by atoms with E-state index < -0.39 is 0 Å². The fourth-order valence-electron chi connectivity index (χ4n) is 2.14. The third kappa shape index (κ3) is 4.38. The van der Waals surface area contributed by atoms with Gasteiger partial charge in [0.05, 0.1) is 3.79 Å². The molecule has 3 heteroatoms. The highest BCUT2D eigenvalue weighted by Crippen LogP contribution is 2.35. The van der Waals surface area contributed by atoms with Crippen molar-refractivity contribution in [1.82, 2.24) is 5.32 Å². The number of halogens is 1. The van der Waals surface area contributed by atoms with Crippen LogP contribution in [0.3, 0.4) is 0 Å². The number of thiophene rings is 1. The predicted molar refractivity (Wildman–Crippen MR) is 81.9 cm³/mol. The van der Waals surface area contributed by atoms with E-state index in [1.165, 1.54) is 33.5 Å². The van der Waals surface area contributed by atoms with Crippen molar-refractivity contribution >= 4 is 27.3 Å². The lowest BCUT2D eigenvalue weighted by Gasteiger charge is -2.24. The van der Waals surface area contributed by atoms with E-state index in [2.05, 4.69) is 55.0 Å². The van der Waals surface area contributed by atoms with Gasteiger partial charge in [-0.15, -0.1) is 11.3 Å². The van der Waals surface area contributed by atoms with Crippen LogP contribution in [-0.2, 0) is 0 Å². The average molecular weight is 318 g/mol. The molecule has 0 aliphatic carbocycles. The molecular weight excluding hydrogens is 294 g/mol. The van der Waals surface area contributed by atoms with E-state index in [4.69, 9.17) is 0 Å². The van der Waals surface area contributed by atoms with Crippen LogP contribution in [0.5, 0.6) is 0 Å². The summed E-state index contributed by atoms with van der Waals surface area (Å²) in [7, 11) is 0. The second kappa shape index (κ2) is 7.55. The highest BCUT2D eigenvalue weighted by Gasteiger charge is 2.20. The highest BCUT2D eigenvalue weighted by atomic mass is 79.9. The van der Waals surface area contributed by atoms with E-state index in [0.717, 1.165) is 6.54 Å². The van der Waals surface area contributed by atoms with Crippen LogP contribution in [0.1, 0.15) is 56.5 Å². The van der Waals surface area contributed by atoms with Crippen molar-refractivity contribution in [1.29, 1.82) is 0 Å². The summed E-state index contributed by atoms with van der Waals surface area (Å²) < 4.78 is 1.28. The van der Waals surface area contributed by atoms with E-state index in [1.807, 2.05) is 11.3 Å². The number of rotatable bonds is 7. The van der Waals surface area contributed by atoms with Gasteiger partial charge in [0.15, 0.2) is 0 Å². The summed E-state index contributed by atoms with van der Waals surface area (Å²) in [5.74, 6) is 0.705. The van der Waals surface area contributed by atoms with Crippen LogP contribution >= 0.6 is 27.3 Å². The van der Waals surface area contributed by atoms with Crippen molar-refractivity contribution in [3.63, 3.8) is 0 Å². The van der Waals surface area contributed by atoms with Gasteiger partial charge in [-0.3, -0.25) is 0 Å². The lowest BCUT2D eigenvalue weighted by atomic mass is 9.95. The molecule has 98 valence electrons. The van der Waals surface area contributed by atoms with Gasteiger partial charge in [-0.1, -0.05) is 27.2 Å². The Bertz CT molecular complexity index is 315. The van der Waals surface area contributed by atoms with Crippen molar-refractivity contribution in [3.8, 4) is 0 Å². The largest absolute Gasteiger partial charge is 0.309 e. The van der Waals surface area contributed by atoms with Crippen LogP contribution in [-0.4, -0.2) is 6.54 Å². The molecular formula is C14H24BrNS. The van der Waals surface area contributed by atoms with Gasteiger partial charge in [0.1, 0.15) is 0 Å². The predicted octanol–water partition coefficient (Wildman–Crippen LogP) is 5.30. The molecule has 2 atom stereocenters. The molecule has 17 heavy (non-hydrogen) atoms. The van der Waals surface area contributed by atoms with E-state index in [9.17, 15) is 0 Å². The minimum Gasteiger partial charge on any atom is -0.309 e. The molecule has 1 aromatic heterocycles. The molecule has 1 aromatic rings. The van der Waals surface area contributed by atoms with Crippen molar-refractivity contribution in [3.05, 3.63) is 20.3 Å². The fraction of sp³-hybridized carbons (Fsp3) is 0.714. The van der Waals surface area contributed by atoms with Crippen molar-refractivity contribution in [2.24, 2.45) is 5.92 Å². The zero-order chi connectivity index (χ0) is 12.8. The van der Waals surface area contributed by atoms with Crippen molar-refractivity contribution in [2.45, 2.75) is 53.0 Å². The Balaban J connectivity index is 2.80. The summed E-state index contributed by atoms with van der Waals surface area (Å²) in [6.07, 6.45) is 3.74. The molecule has 0 aliphatic rings. The van der Waals surface area contributed by atoms with Crippen LogP contribution in [0.25, 0.3) is 0 Å². The van der Waals surface area contributed by atoms with Gasteiger partial charge in [0.2, 0.25) is 0 Å². The minimum atomic E-state index is 0.518. The maximum atomic E-state index is 3.70. The highest BCUT2D eigenvalue weighted by molar-refractivity contribution is 9.11. The second-order valence-corrected chi connectivity index (χ2v) is 7.20. The molecule has 1 rings (SSSR count). The van der Waals surface area contributed by atoms with Gasteiger partial charge in [0.25, 0.3) is 0 Å². The Morgan fingerprint density at radius 3 is 2.53 bits per heavy atom. The maximum absolute atomic E-state index is 3.70. The van der Waals surface area contributed by atoms with E-state index in [1.54, 1.807) is 0 Å². The lowest BCUT2D eigenvalue weighted by Crippen LogP contribution is -2.27. The fourth-order valence-corrected chi connectivity index (χ4v) is 3.92. The zero-order valence-corrected chi connectivity index (χ0v) is 13.7. The van der Waals surface area contributed by atoms with Crippen LogP contribution in [0.2, 0.25) is 0 Å². The first-order valence-corrected chi connectivity index (χ1v) is 8.20. The summed E-state index contributed by atoms with van der Waals surface area (Å²) >= 11 is 5.51. The first kappa shape index (κ1) is 15.2. The number of hydrogen-bond donors (Lipinski definition) is 1. The smallest absolute Gasteiger partial charge is 0.0731 e. The summed E-state index contributed by atoms with van der Waals surface area (Å²) in [6, 6.07) is 2.85. The van der Waals surface area contributed by atoms with Crippen LogP contribution < -0.4 is 5.32 Å². The third-order valence-electron chi connectivity index (χ3n) is 3.11. The topological polar surface area (TPSA) is 12.0 Å². The number of aryl methyl sites for hydroxylation is 1. The standard InChI is InChI=1S/C14H24BrNS/c1-5-7-10(3)13(16-8-6-2)12-9-11(4)14(15)17-12/h9-10,13,16H,5-8H2,1-4H3. The maximum Gasteiger partial charge on any atom is 0.0731 e. The molecule has 2 unspecified atom stereocenters. The molecule has 1 heterocycles. The van der Waals surface area contributed by atoms with Gasteiger partial charge in [0, 0.05) is 10.9 Å². The molecule has 1 nitrogen and oxygen atoms in total. The summed E-state index contributed by atoms with van der Waals surface area (Å²) in [4.78, 5) is 1.48. The van der Waals surface area contributed by atoms with Crippen LogP contribution in [0.15, 0.2) is 9.85 Å². The molecule has 0 radical (unpaired) electrons.